The van der Waals surface area contributed by atoms with Crippen LogP contribution in [0.4, 0.5) is 22.4 Å². The van der Waals surface area contributed by atoms with Crippen molar-refractivity contribution < 1.29 is 32.5 Å². The van der Waals surface area contributed by atoms with Crippen LogP contribution in [0.15, 0.2) is 48.5 Å². The van der Waals surface area contributed by atoms with E-state index in [0.717, 1.165) is 17.5 Å². The molecule has 2 aromatic carbocycles. The van der Waals surface area contributed by atoms with Crippen LogP contribution in [-0.2, 0) is 11.2 Å². The lowest BCUT2D eigenvalue weighted by molar-refractivity contribution is -0.676. The van der Waals surface area contributed by atoms with Gasteiger partial charge in [0.2, 0.25) is 0 Å². The number of urea groups is 1. The molecule has 5 nitrogen and oxygen atoms in total. The molecule has 0 aliphatic rings. The average molecular weight is 412 g/mol. The molecule has 0 unspecified atom stereocenters. The molecule has 0 radical (unpaired) electrons. The van der Waals surface area contributed by atoms with Gasteiger partial charge in [-0.05, 0) is 24.1 Å². The summed E-state index contributed by atoms with van der Waals surface area (Å²) in [7, 11) is 0. The van der Waals surface area contributed by atoms with Crippen molar-refractivity contribution in [1.82, 2.24) is 10.6 Å². The van der Waals surface area contributed by atoms with Crippen LogP contribution in [0, 0.1) is 5.82 Å². The number of carbonyl (C=O) groups is 2. The lowest BCUT2D eigenvalue weighted by atomic mass is 9.97. The first-order valence-corrected chi connectivity index (χ1v) is 9.00. The highest BCUT2D eigenvalue weighted by molar-refractivity contribution is 5.94. The summed E-state index contributed by atoms with van der Waals surface area (Å²) in [6.45, 7) is 0.237. The molecule has 2 aromatic rings. The normalized spacial score (nSPS) is 12.3. The van der Waals surface area contributed by atoms with Gasteiger partial charge in [0, 0.05) is 11.1 Å². The molecule has 0 fully saturated rings. The van der Waals surface area contributed by atoms with Gasteiger partial charge in [0.15, 0.2) is 6.54 Å². The van der Waals surface area contributed by atoms with Gasteiger partial charge in [-0.15, -0.1) is 0 Å². The minimum atomic E-state index is -4.57. The maximum Gasteiger partial charge on any atom is 0.405 e. The monoisotopic (exact) mass is 412 g/mol. The fraction of sp³-hybridized carbons (Fsp3) is 0.300. The van der Waals surface area contributed by atoms with Crippen molar-refractivity contribution in [2.45, 2.75) is 25.6 Å². The van der Waals surface area contributed by atoms with Crippen molar-refractivity contribution in [3.8, 4) is 0 Å². The first kappa shape index (κ1) is 22.4. The van der Waals surface area contributed by atoms with Crippen LogP contribution in [0.1, 0.15) is 29.7 Å². The number of alkyl halides is 3. The second-order valence-electron chi connectivity index (χ2n) is 6.41. The standard InChI is InChI=1S/C20H21F4N3O2/c1-2-13-6-8-14(9-7-13)18(15-4-3-5-16(21)10-15)25-11-17(28)27-19(29)26-12-20(22,23)24/h3-10,18,25H,2,11-12H2,1H3,(H2,26,27,28,29)/p+1/t18-/m0/s1. The third-order valence-corrected chi connectivity index (χ3v) is 4.20. The van der Waals surface area contributed by atoms with Gasteiger partial charge in [0.05, 0.1) is 0 Å². The van der Waals surface area contributed by atoms with Crippen LogP contribution in [0.3, 0.4) is 0 Å². The summed E-state index contributed by atoms with van der Waals surface area (Å²) < 4.78 is 50.0. The Morgan fingerprint density at radius 3 is 2.34 bits per heavy atom. The Hall–Kier alpha value is -2.94. The zero-order chi connectivity index (χ0) is 21.4. The van der Waals surface area contributed by atoms with Gasteiger partial charge in [0.1, 0.15) is 18.4 Å². The number of benzene rings is 2. The summed E-state index contributed by atoms with van der Waals surface area (Å²) in [6.07, 6.45) is -3.72. The van der Waals surface area contributed by atoms with Crippen molar-refractivity contribution in [2.75, 3.05) is 13.1 Å². The summed E-state index contributed by atoms with van der Waals surface area (Å²) >= 11 is 0. The molecular weight excluding hydrogens is 390 g/mol. The summed E-state index contributed by atoms with van der Waals surface area (Å²) in [5.74, 6) is -1.20. The maximum absolute atomic E-state index is 13.7. The number of hydrogen-bond acceptors (Lipinski definition) is 2. The third kappa shape index (κ3) is 7.53. The molecule has 0 saturated heterocycles. The fourth-order valence-electron chi connectivity index (χ4n) is 2.75. The van der Waals surface area contributed by atoms with Crippen LogP contribution in [0.2, 0.25) is 0 Å². The van der Waals surface area contributed by atoms with Crippen LogP contribution >= 0.6 is 0 Å². The zero-order valence-corrected chi connectivity index (χ0v) is 15.7. The molecule has 156 valence electrons. The molecule has 0 heterocycles. The smallest absolute Gasteiger partial charge is 0.329 e. The van der Waals surface area contributed by atoms with Crippen LogP contribution < -0.4 is 16.0 Å². The van der Waals surface area contributed by atoms with E-state index in [0.29, 0.717) is 5.56 Å². The summed E-state index contributed by atoms with van der Waals surface area (Å²) in [6, 6.07) is 11.9. The van der Waals surface area contributed by atoms with E-state index in [1.165, 1.54) is 12.1 Å². The lowest BCUT2D eigenvalue weighted by Crippen LogP contribution is -2.88. The van der Waals surface area contributed by atoms with Gasteiger partial charge < -0.3 is 10.6 Å². The van der Waals surface area contributed by atoms with Crippen molar-refractivity contribution >= 4 is 11.9 Å². The molecule has 2 rings (SSSR count). The predicted octanol–water partition coefficient (Wildman–Crippen LogP) is 2.43. The number of quaternary nitrogens is 1. The fourth-order valence-corrected chi connectivity index (χ4v) is 2.75. The highest BCUT2D eigenvalue weighted by Gasteiger charge is 2.28. The molecule has 4 N–H and O–H groups in total. The van der Waals surface area contributed by atoms with Crippen LogP contribution in [0.25, 0.3) is 0 Å². The number of aryl methyl sites for hydroxylation is 1. The molecule has 0 aromatic heterocycles. The van der Waals surface area contributed by atoms with E-state index in [-0.39, 0.29) is 6.54 Å². The van der Waals surface area contributed by atoms with Crippen LogP contribution in [0.5, 0.6) is 0 Å². The van der Waals surface area contributed by atoms with E-state index in [4.69, 9.17) is 0 Å². The summed E-state index contributed by atoms with van der Waals surface area (Å²) in [5.41, 5.74) is 2.55. The lowest BCUT2D eigenvalue weighted by Gasteiger charge is -2.17. The molecule has 0 aliphatic carbocycles. The van der Waals surface area contributed by atoms with Gasteiger partial charge in [-0.3, -0.25) is 10.1 Å². The van der Waals surface area contributed by atoms with E-state index in [2.05, 4.69) is 0 Å². The highest BCUT2D eigenvalue weighted by Crippen LogP contribution is 2.20. The second kappa shape index (κ2) is 10.0. The zero-order valence-electron chi connectivity index (χ0n) is 15.7. The Labute approximate surface area is 165 Å². The predicted molar refractivity (Wildman–Crippen MR) is 98.5 cm³/mol. The molecule has 29 heavy (non-hydrogen) atoms. The third-order valence-electron chi connectivity index (χ3n) is 4.20. The van der Waals surface area contributed by atoms with E-state index in [1.807, 2.05) is 36.5 Å². The van der Waals surface area contributed by atoms with Gasteiger partial charge in [-0.2, -0.15) is 13.2 Å². The van der Waals surface area contributed by atoms with E-state index in [9.17, 15) is 27.2 Å². The molecule has 0 spiro atoms. The molecule has 0 aliphatic heterocycles. The highest BCUT2D eigenvalue weighted by atomic mass is 19.4. The number of nitrogens with two attached hydrogens (primary N) is 1. The van der Waals surface area contributed by atoms with E-state index >= 15 is 0 Å². The number of hydrogen-bond donors (Lipinski definition) is 3. The molecule has 9 heteroatoms. The van der Waals surface area contributed by atoms with Crippen molar-refractivity contribution in [3.63, 3.8) is 0 Å². The Morgan fingerprint density at radius 1 is 1.07 bits per heavy atom. The Morgan fingerprint density at radius 2 is 1.76 bits per heavy atom. The summed E-state index contributed by atoms with van der Waals surface area (Å²) in [4.78, 5) is 23.3. The van der Waals surface area contributed by atoms with Crippen LogP contribution in [-0.4, -0.2) is 31.2 Å². The van der Waals surface area contributed by atoms with Gasteiger partial charge >= 0.3 is 12.2 Å². The van der Waals surface area contributed by atoms with Crippen molar-refractivity contribution in [1.29, 1.82) is 0 Å². The molecule has 0 bridgehead atoms. The van der Waals surface area contributed by atoms with Gasteiger partial charge in [-0.1, -0.05) is 43.3 Å². The first-order chi connectivity index (χ1) is 13.7. The number of halogens is 4. The SMILES string of the molecule is CCc1ccc([C@H]([NH2+]CC(=O)NC(=O)NCC(F)(F)F)c2cccc(F)c2)cc1. The number of nitrogens with one attached hydrogen (secondary N) is 2. The molecule has 1 atom stereocenters. The van der Waals surface area contributed by atoms with Crippen molar-refractivity contribution in [2.24, 2.45) is 0 Å². The van der Waals surface area contributed by atoms with Gasteiger partial charge in [0.25, 0.3) is 5.91 Å². The Balaban J connectivity index is 2.06. The number of imide groups is 1. The molecule has 0 saturated carbocycles. The minimum Gasteiger partial charge on any atom is -0.329 e. The number of amides is 3. The average Bonchev–Trinajstić information content (AvgIpc) is 2.66. The van der Waals surface area contributed by atoms with Crippen molar-refractivity contribution in [3.05, 3.63) is 71.0 Å². The minimum absolute atomic E-state index is 0.240. The topological polar surface area (TPSA) is 74.8 Å². The first-order valence-electron chi connectivity index (χ1n) is 9.00. The number of rotatable bonds is 7. The molecular formula is C20H22F4N3O2+. The second-order valence-corrected chi connectivity index (χ2v) is 6.41. The van der Waals surface area contributed by atoms with Gasteiger partial charge in [-0.25, -0.2) is 9.18 Å². The number of carbonyl (C=O) groups excluding carboxylic acids is 2. The van der Waals surface area contributed by atoms with E-state index in [1.54, 1.807) is 22.8 Å². The summed E-state index contributed by atoms with van der Waals surface area (Å²) in [5, 5.41) is 5.00. The maximum atomic E-state index is 13.7. The Bertz CT molecular complexity index is 838. The largest absolute Gasteiger partial charge is 0.405 e. The Kier molecular flexibility index (Phi) is 7.72. The quantitative estimate of drug-likeness (QED) is 0.611. The molecule has 3 amide bonds. The van der Waals surface area contributed by atoms with E-state index < -0.39 is 36.5 Å².